The molecular formula is C11H15N5OS. The molecule has 2 aromatic rings. The molecule has 0 amide bonds. The molecule has 0 aliphatic carbocycles. The van der Waals surface area contributed by atoms with E-state index in [0.717, 1.165) is 0 Å². The Labute approximate surface area is 109 Å². The second kappa shape index (κ2) is 6.15. The van der Waals surface area contributed by atoms with Gasteiger partial charge < -0.3 is 15.4 Å². The van der Waals surface area contributed by atoms with Gasteiger partial charge in [-0.15, -0.1) is 0 Å². The number of thiophene rings is 1. The summed E-state index contributed by atoms with van der Waals surface area (Å²) in [5.74, 6) is 0.991. The molecule has 7 heteroatoms. The van der Waals surface area contributed by atoms with Crippen LogP contribution in [-0.4, -0.2) is 28.6 Å². The average Bonchev–Trinajstić information content (AvgIpc) is 2.89. The summed E-state index contributed by atoms with van der Waals surface area (Å²) in [5, 5.41) is 10.1. The van der Waals surface area contributed by atoms with Crippen molar-refractivity contribution < 1.29 is 4.74 Å². The van der Waals surface area contributed by atoms with E-state index in [0.29, 0.717) is 31.1 Å². The van der Waals surface area contributed by atoms with Crippen LogP contribution in [0.2, 0.25) is 0 Å². The van der Waals surface area contributed by atoms with Gasteiger partial charge in [0.2, 0.25) is 11.9 Å². The SMILES string of the molecule is CCOc1nc(NC)nc(NCc2ccsc2)n1. The first-order valence-electron chi connectivity index (χ1n) is 5.63. The van der Waals surface area contributed by atoms with Crippen LogP contribution in [0.15, 0.2) is 16.8 Å². The maximum Gasteiger partial charge on any atom is 0.323 e. The van der Waals surface area contributed by atoms with Crippen molar-refractivity contribution in [2.75, 3.05) is 24.3 Å². The van der Waals surface area contributed by atoms with Crippen LogP contribution in [0, 0.1) is 0 Å². The van der Waals surface area contributed by atoms with Crippen LogP contribution in [0.3, 0.4) is 0 Å². The quantitative estimate of drug-likeness (QED) is 0.832. The Morgan fingerprint density at radius 3 is 2.78 bits per heavy atom. The van der Waals surface area contributed by atoms with Gasteiger partial charge in [-0.2, -0.15) is 26.3 Å². The molecule has 6 nitrogen and oxygen atoms in total. The second-order valence-electron chi connectivity index (χ2n) is 3.43. The number of ether oxygens (including phenoxy) is 1. The summed E-state index contributed by atoms with van der Waals surface area (Å²) >= 11 is 1.66. The van der Waals surface area contributed by atoms with Crippen molar-refractivity contribution in [3.05, 3.63) is 22.4 Å². The van der Waals surface area contributed by atoms with Crippen LogP contribution < -0.4 is 15.4 Å². The minimum atomic E-state index is 0.324. The molecule has 0 fully saturated rings. The smallest absolute Gasteiger partial charge is 0.323 e. The molecule has 0 aromatic carbocycles. The van der Waals surface area contributed by atoms with Crippen LogP contribution in [0.4, 0.5) is 11.9 Å². The average molecular weight is 265 g/mol. The van der Waals surface area contributed by atoms with Gasteiger partial charge in [0.15, 0.2) is 0 Å². The van der Waals surface area contributed by atoms with Crippen molar-refractivity contribution in [2.45, 2.75) is 13.5 Å². The normalized spacial score (nSPS) is 10.1. The van der Waals surface area contributed by atoms with Gasteiger partial charge in [0, 0.05) is 13.6 Å². The molecule has 2 aromatic heterocycles. The summed E-state index contributed by atoms with van der Waals surface area (Å²) in [6.07, 6.45) is 0. The highest BCUT2D eigenvalue weighted by Crippen LogP contribution is 2.12. The van der Waals surface area contributed by atoms with E-state index < -0.39 is 0 Å². The predicted octanol–water partition coefficient (Wildman–Crippen LogP) is 1.99. The molecule has 0 bridgehead atoms. The highest BCUT2D eigenvalue weighted by Gasteiger charge is 2.06. The van der Waals surface area contributed by atoms with E-state index in [1.807, 2.05) is 12.3 Å². The number of nitrogens with zero attached hydrogens (tertiary/aromatic N) is 3. The van der Waals surface area contributed by atoms with Gasteiger partial charge in [0.05, 0.1) is 6.61 Å². The van der Waals surface area contributed by atoms with E-state index in [1.54, 1.807) is 18.4 Å². The minimum Gasteiger partial charge on any atom is -0.464 e. The lowest BCUT2D eigenvalue weighted by molar-refractivity contribution is 0.312. The van der Waals surface area contributed by atoms with Gasteiger partial charge in [-0.1, -0.05) is 0 Å². The van der Waals surface area contributed by atoms with E-state index >= 15 is 0 Å². The predicted molar refractivity (Wildman–Crippen MR) is 72.2 cm³/mol. The van der Waals surface area contributed by atoms with Crippen molar-refractivity contribution >= 4 is 23.2 Å². The Hall–Kier alpha value is -1.89. The van der Waals surface area contributed by atoms with E-state index in [9.17, 15) is 0 Å². The Morgan fingerprint density at radius 1 is 1.28 bits per heavy atom. The summed E-state index contributed by atoms with van der Waals surface area (Å²) in [6, 6.07) is 2.38. The Morgan fingerprint density at radius 2 is 2.11 bits per heavy atom. The molecule has 0 unspecified atom stereocenters. The van der Waals surface area contributed by atoms with Gasteiger partial charge in [-0.25, -0.2) is 0 Å². The molecule has 0 atom stereocenters. The minimum absolute atomic E-state index is 0.324. The van der Waals surface area contributed by atoms with Gasteiger partial charge >= 0.3 is 6.01 Å². The summed E-state index contributed by atoms with van der Waals surface area (Å²) in [4.78, 5) is 12.5. The second-order valence-corrected chi connectivity index (χ2v) is 4.21. The van der Waals surface area contributed by atoms with Gasteiger partial charge in [-0.05, 0) is 29.3 Å². The highest BCUT2D eigenvalue weighted by atomic mass is 32.1. The summed E-state index contributed by atoms with van der Waals surface area (Å²) in [7, 11) is 1.76. The first-order chi connectivity index (χ1) is 8.81. The number of anilines is 2. The van der Waals surface area contributed by atoms with Gasteiger partial charge in [-0.3, -0.25) is 0 Å². The van der Waals surface area contributed by atoms with Crippen LogP contribution in [0.25, 0.3) is 0 Å². The summed E-state index contributed by atoms with van der Waals surface area (Å²) in [6.45, 7) is 3.10. The molecule has 2 rings (SSSR count). The van der Waals surface area contributed by atoms with Crippen molar-refractivity contribution in [3.63, 3.8) is 0 Å². The van der Waals surface area contributed by atoms with E-state index in [1.165, 1.54) is 5.56 Å². The molecule has 0 spiro atoms. The van der Waals surface area contributed by atoms with E-state index in [2.05, 4.69) is 37.0 Å². The van der Waals surface area contributed by atoms with Crippen LogP contribution in [-0.2, 0) is 6.54 Å². The van der Waals surface area contributed by atoms with Crippen LogP contribution >= 0.6 is 11.3 Å². The van der Waals surface area contributed by atoms with E-state index in [-0.39, 0.29) is 0 Å². The third-order valence-corrected chi connectivity index (χ3v) is 2.87. The summed E-state index contributed by atoms with van der Waals surface area (Å²) < 4.78 is 5.29. The summed E-state index contributed by atoms with van der Waals surface area (Å²) in [5.41, 5.74) is 1.20. The largest absolute Gasteiger partial charge is 0.464 e. The molecule has 96 valence electrons. The Balaban J connectivity index is 2.08. The fourth-order valence-corrected chi connectivity index (χ4v) is 1.98. The third-order valence-electron chi connectivity index (χ3n) is 2.14. The van der Waals surface area contributed by atoms with Crippen LogP contribution in [0.1, 0.15) is 12.5 Å². The highest BCUT2D eigenvalue weighted by molar-refractivity contribution is 7.07. The number of hydrogen-bond donors (Lipinski definition) is 2. The van der Waals surface area contributed by atoms with Crippen LogP contribution in [0.5, 0.6) is 6.01 Å². The molecule has 0 aliphatic rings. The topological polar surface area (TPSA) is 72.0 Å². The first-order valence-corrected chi connectivity index (χ1v) is 6.57. The van der Waals surface area contributed by atoms with Crippen molar-refractivity contribution in [3.8, 4) is 6.01 Å². The van der Waals surface area contributed by atoms with Crippen molar-refractivity contribution in [1.82, 2.24) is 15.0 Å². The Kier molecular flexibility index (Phi) is 4.30. The standard InChI is InChI=1S/C11H15N5OS/c1-3-17-11-15-9(12-2)14-10(16-11)13-6-8-4-5-18-7-8/h4-5,7H,3,6H2,1-2H3,(H2,12,13,14,15,16). The molecular weight excluding hydrogens is 250 g/mol. The number of nitrogens with one attached hydrogen (secondary N) is 2. The first kappa shape index (κ1) is 12.6. The molecule has 0 radical (unpaired) electrons. The molecule has 2 heterocycles. The lowest BCUT2D eigenvalue weighted by Crippen LogP contribution is -2.09. The molecule has 0 aliphatic heterocycles. The molecule has 0 saturated heterocycles. The maximum absolute atomic E-state index is 5.29. The number of hydrogen-bond acceptors (Lipinski definition) is 7. The fraction of sp³-hybridized carbons (Fsp3) is 0.364. The molecule has 2 N–H and O–H groups in total. The zero-order chi connectivity index (χ0) is 12.8. The van der Waals surface area contributed by atoms with Crippen molar-refractivity contribution in [2.24, 2.45) is 0 Å². The maximum atomic E-state index is 5.29. The lowest BCUT2D eigenvalue weighted by Gasteiger charge is -2.07. The number of rotatable bonds is 6. The third kappa shape index (κ3) is 3.30. The van der Waals surface area contributed by atoms with E-state index in [4.69, 9.17) is 4.74 Å². The number of aromatic nitrogens is 3. The zero-order valence-corrected chi connectivity index (χ0v) is 11.1. The van der Waals surface area contributed by atoms with Gasteiger partial charge in [0.1, 0.15) is 0 Å². The fourth-order valence-electron chi connectivity index (χ4n) is 1.32. The Bertz CT molecular complexity index is 488. The zero-order valence-electron chi connectivity index (χ0n) is 10.3. The van der Waals surface area contributed by atoms with Gasteiger partial charge in [0.25, 0.3) is 0 Å². The van der Waals surface area contributed by atoms with Crippen molar-refractivity contribution in [1.29, 1.82) is 0 Å². The lowest BCUT2D eigenvalue weighted by atomic mass is 10.3. The molecule has 18 heavy (non-hydrogen) atoms. The monoisotopic (exact) mass is 265 g/mol. The molecule has 0 saturated carbocycles.